The van der Waals surface area contributed by atoms with Gasteiger partial charge in [0.2, 0.25) is 0 Å². The van der Waals surface area contributed by atoms with E-state index >= 15 is 0 Å². The van der Waals surface area contributed by atoms with Gasteiger partial charge in [-0.1, -0.05) is 0 Å². The van der Waals surface area contributed by atoms with Crippen LogP contribution in [0.15, 0.2) is 0 Å². The number of aryl methyl sites for hydroxylation is 1. The summed E-state index contributed by atoms with van der Waals surface area (Å²) in [6, 6.07) is 0. The number of hydrogen-bond acceptors (Lipinski definition) is 3. The van der Waals surface area contributed by atoms with Crippen LogP contribution in [-0.2, 0) is 7.05 Å². The molecule has 0 spiro atoms. The van der Waals surface area contributed by atoms with Crippen LogP contribution in [0.5, 0.6) is 0 Å². The van der Waals surface area contributed by atoms with Crippen LogP contribution in [0.2, 0.25) is 0 Å². The maximum absolute atomic E-state index is 10.7. The maximum Gasteiger partial charge on any atom is 0.357 e. The first-order valence-corrected chi connectivity index (χ1v) is 4.66. The number of carbonyl (C=O) groups is 1. The third-order valence-electron chi connectivity index (χ3n) is 1.59. The molecule has 1 N–H and O–H groups in total. The van der Waals surface area contributed by atoms with Crippen LogP contribution in [0.1, 0.15) is 10.5 Å². The predicted octanol–water partition coefficient (Wildman–Crippen LogP) is 0.789. The van der Waals surface area contributed by atoms with E-state index in [0.29, 0.717) is 3.57 Å². The molecule has 1 aromatic rings. The van der Waals surface area contributed by atoms with Crippen LogP contribution in [0.3, 0.4) is 0 Å². The van der Waals surface area contributed by atoms with Crippen LogP contribution in [0.4, 0.5) is 5.82 Å². The van der Waals surface area contributed by atoms with E-state index in [1.54, 1.807) is 11.7 Å². The molecule has 0 aromatic carbocycles. The molecule has 0 bridgehead atoms. The third-order valence-corrected chi connectivity index (χ3v) is 2.58. The van der Waals surface area contributed by atoms with E-state index < -0.39 is 5.97 Å². The minimum atomic E-state index is -0.992. The fourth-order valence-electron chi connectivity index (χ4n) is 1.11. The van der Waals surface area contributed by atoms with Crippen molar-refractivity contribution in [1.29, 1.82) is 0 Å². The number of aromatic carboxylic acids is 1. The zero-order valence-electron chi connectivity index (χ0n) is 7.58. The van der Waals surface area contributed by atoms with Gasteiger partial charge in [0, 0.05) is 21.1 Å². The number of aromatic nitrogens is 2. The minimum absolute atomic E-state index is 0.104. The van der Waals surface area contributed by atoms with E-state index in [0.717, 1.165) is 5.82 Å². The smallest absolute Gasteiger partial charge is 0.357 e. The number of nitrogens with zero attached hydrogens (tertiary/aromatic N) is 3. The normalized spacial score (nSPS) is 10.2. The van der Waals surface area contributed by atoms with Crippen molar-refractivity contribution in [2.24, 2.45) is 7.05 Å². The summed E-state index contributed by atoms with van der Waals surface area (Å²) in [4.78, 5) is 12.5. The van der Waals surface area contributed by atoms with Crippen LogP contribution in [-0.4, -0.2) is 35.0 Å². The van der Waals surface area contributed by atoms with Gasteiger partial charge < -0.3 is 10.0 Å². The van der Waals surface area contributed by atoms with Crippen molar-refractivity contribution in [3.05, 3.63) is 9.26 Å². The molecule has 0 aliphatic heterocycles. The lowest BCUT2D eigenvalue weighted by molar-refractivity contribution is 0.0688. The lowest BCUT2D eigenvalue weighted by Crippen LogP contribution is -2.14. The van der Waals surface area contributed by atoms with E-state index in [1.165, 1.54) is 0 Å². The van der Waals surface area contributed by atoms with Crippen molar-refractivity contribution < 1.29 is 9.90 Å². The van der Waals surface area contributed by atoms with Crippen molar-refractivity contribution in [1.82, 2.24) is 9.78 Å². The first kappa shape index (κ1) is 10.3. The van der Waals surface area contributed by atoms with Gasteiger partial charge in [-0.25, -0.2) is 4.79 Å². The van der Waals surface area contributed by atoms with Crippen LogP contribution in [0, 0.1) is 3.57 Å². The second kappa shape index (κ2) is 3.52. The lowest BCUT2D eigenvalue weighted by atomic mass is 10.4. The number of halogens is 1. The molecule has 13 heavy (non-hydrogen) atoms. The van der Waals surface area contributed by atoms with Crippen molar-refractivity contribution >= 4 is 34.4 Å². The van der Waals surface area contributed by atoms with E-state index in [9.17, 15) is 4.79 Å². The van der Waals surface area contributed by atoms with Crippen molar-refractivity contribution in [2.75, 3.05) is 19.0 Å². The van der Waals surface area contributed by atoms with E-state index in [-0.39, 0.29) is 5.69 Å². The number of hydrogen-bond donors (Lipinski definition) is 1. The van der Waals surface area contributed by atoms with E-state index in [1.807, 2.05) is 41.6 Å². The van der Waals surface area contributed by atoms with Crippen LogP contribution >= 0.6 is 22.6 Å². The molecule has 1 heterocycles. The fraction of sp³-hybridized carbons (Fsp3) is 0.429. The SMILES string of the molecule is CN(C)c1c(I)c(C(=O)O)nn1C. The third kappa shape index (κ3) is 1.77. The highest BCUT2D eigenvalue weighted by molar-refractivity contribution is 14.1. The Morgan fingerprint density at radius 3 is 2.38 bits per heavy atom. The summed E-state index contributed by atoms with van der Waals surface area (Å²) < 4.78 is 2.23. The van der Waals surface area contributed by atoms with Gasteiger partial charge in [-0.3, -0.25) is 4.68 Å². The number of carboxylic acids is 1. The summed E-state index contributed by atoms with van der Waals surface area (Å²) in [6.07, 6.45) is 0. The summed E-state index contributed by atoms with van der Waals surface area (Å²) in [5, 5.41) is 12.7. The van der Waals surface area contributed by atoms with Gasteiger partial charge in [-0.15, -0.1) is 0 Å². The highest BCUT2D eigenvalue weighted by Gasteiger charge is 2.19. The van der Waals surface area contributed by atoms with Crippen molar-refractivity contribution in [3.63, 3.8) is 0 Å². The Bertz CT molecular complexity index is 346. The molecule has 0 radical (unpaired) electrons. The molecular weight excluding hydrogens is 285 g/mol. The molecule has 0 saturated heterocycles. The largest absolute Gasteiger partial charge is 0.476 e. The molecule has 0 saturated carbocycles. The quantitative estimate of drug-likeness (QED) is 0.820. The van der Waals surface area contributed by atoms with Gasteiger partial charge in [-0.2, -0.15) is 5.10 Å². The Kier molecular flexibility index (Phi) is 2.79. The first-order chi connectivity index (χ1) is 5.95. The summed E-state index contributed by atoms with van der Waals surface area (Å²) >= 11 is 1.99. The molecule has 6 heteroatoms. The molecular formula is C7H10IN3O2. The van der Waals surface area contributed by atoms with E-state index in [4.69, 9.17) is 5.11 Å². The average molecular weight is 295 g/mol. The van der Waals surface area contributed by atoms with Crippen LogP contribution in [0.25, 0.3) is 0 Å². The maximum atomic E-state index is 10.7. The Labute approximate surface area is 89.5 Å². The van der Waals surface area contributed by atoms with E-state index in [2.05, 4.69) is 5.10 Å². The molecule has 0 aliphatic rings. The fourth-order valence-corrected chi connectivity index (χ4v) is 2.28. The zero-order chi connectivity index (χ0) is 10.2. The summed E-state index contributed by atoms with van der Waals surface area (Å²) in [5.74, 6) is -0.189. The van der Waals surface area contributed by atoms with Gasteiger partial charge in [0.05, 0.1) is 3.57 Å². The molecule has 0 fully saturated rings. The highest BCUT2D eigenvalue weighted by atomic mass is 127. The highest BCUT2D eigenvalue weighted by Crippen LogP contribution is 2.23. The van der Waals surface area contributed by atoms with Gasteiger partial charge in [0.15, 0.2) is 5.69 Å². The Morgan fingerprint density at radius 2 is 2.15 bits per heavy atom. The van der Waals surface area contributed by atoms with Gasteiger partial charge >= 0.3 is 5.97 Å². The molecule has 0 atom stereocenters. The van der Waals surface area contributed by atoms with Gasteiger partial charge in [0.25, 0.3) is 0 Å². The zero-order valence-corrected chi connectivity index (χ0v) is 9.73. The Balaban J connectivity index is 3.30. The molecule has 72 valence electrons. The second-order valence-corrected chi connectivity index (χ2v) is 3.89. The van der Waals surface area contributed by atoms with Crippen LogP contribution < -0.4 is 4.90 Å². The lowest BCUT2D eigenvalue weighted by Gasteiger charge is -2.12. The monoisotopic (exact) mass is 295 g/mol. The molecule has 1 aromatic heterocycles. The summed E-state index contributed by atoms with van der Waals surface area (Å²) in [6.45, 7) is 0. The average Bonchev–Trinajstić information content (AvgIpc) is 2.26. The standard InChI is InChI=1S/C7H10IN3O2/c1-10(2)6-4(8)5(7(12)13)9-11(6)3/h1-3H3,(H,12,13). The number of carboxylic acid groups (broad SMARTS) is 1. The van der Waals surface area contributed by atoms with Crippen molar-refractivity contribution in [2.45, 2.75) is 0 Å². The topological polar surface area (TPSA) is 58.4 Å². The number of anilines is 1. The van der Waals surface area contributed by atoms with Crippen molar-refractivity contribution in [3.8, 4) is 0 Å². The van der Waals surface area contributed by atoms with Gasteiger partial charge in [-0.05, 0) is 22.6 Å². The molecule has 5 nitrogen and oxygen atoms in total. The first-order valence-electron chi connectivity index (χ1n) is 3.58. The Hall–Kier alpha value is -0.790. The summed E-state index contributed by atoms with van der Waals surface area (Å²) in [5.41, 5.74) is 0.104. The molecule has 0 unspecified atom stereocenters. The predicted molar refractivity (Wildman–Crippen MR) is 57.2 cm³/mol. The molecule has 1 rings (SSSR count). The minimum Gasteiger partial charge on any atom is -0.476 e. The Morgan fingerprint density at radius 1 is 1.62 bits per heavy atom. The number of rotatable bonds is 2. The molecule has 0 amide bonds. The second-order valence-electron chi connectivity index (χ2n) is 2.81. The molecule has 0 aliphatic carbocycles. The van der Waals surface area contributed by atoms with Gasteiger partial charge in [0.1, 0.15) is 5.82 Å². The summed E-state index contributed by atoms with van der Waals surface area (Å²) in [7, 11) is 5.43.